The van der Waals surface area contributed by atoms with Crippen molar-refractivity contribution in [1.82, 2.24) is 10.0 Å². The van der Waals surface area contributed by atoms with Crippen molar-refractivity contribution in [1.29, 1.82) is 0 Å². The van der Waals surface area contributed by atoms with Crippen LogP contribution in [0.5, 0.6) is 0 Å². The Bertz CT molecular complexity index is 667. The maximum atomic E-state index is 12.2. The van der Waals surface area contributed by atoms with Crippen molar-refractivity contribution in [2.45, 2.75) is 31.1 Å². The van der Waals surface area contributed by atoms with E-state index in [0.717, 1.165) is 9.75 Å². The summed E-state index contributed by atoms with van der Waals surface area (Å²) in [6.45, 7) is 5.11. The highest BCUT2D eigenvalue weighted by molar-refractivity contribution is 7.91. The molecule has 2 aromatic heterocycles. The molecule has 0 amide bonds. The first-order valence-corrected chi connectivity index (χ1v) is 9.33. The zero-order valence-electron chi connectivity index (χ0n) is 11.7. The van der Waals surface area contributed by atoms with Gasteiger partial charge in [0.05, 0.1) is 0 Å². The van der Waals surface area contributed by atoms with Gasteiger partial charge in [-0.15, -0.1) is 22.7 Å². The molecule has 0 aliphatic rings. The molecule has 2 aromatic rings. The Hall–Kier alpha value is -0.730. The molecule has 0 fully saturated rings. The van der Waals surface area contributed by atoms with Gasteiger partial charge < -0.3 is 5.32 Å². The number of thiophene rings is 2. The summed E-state index contributed by atoms with van der Waals surface area (Å²) in [6, 6.07) is 5.53. The van der Waals surface area contributed by atoms with Crippen molar-refractivity contribution in [2.24, 2.45) is 0 Å². The molecule has 4 nitrogen and oxygen atoms in total. The predicted molar refractivity (Wildman–Crippen MR) is 84.9 cm³/mol. The Morgan fingerprint density at radius 2 is 1.85 bits per heavy atom. The second-order valence-electron chi connectivity index (χ2n) is 4.53. The van der Waals surface area contributed by atoms with E-state index in [0.29, 0.717) is 17.3 Å². The Labute approximate surface area is 127 Å². The highest BCUT2D eigenvalue weighted by atomic mass is 32.2. The number of nitrogens with one attached hydrogen (secondary N) is 2. The molecule has 7 heteroatoms. The molecule has 0 radical (unpaired) electrons. The number of rotatable bonds is 6. The van der Waals surface area contributed by atoms with E-state index in [1.165, 1.54) is 21.8 Å². The molecule has 0 saturated carbocycles. The zero-order valence-corrected chi connectivity index (χ0v) is 14.1. The molecule has 0 spiro atoms. The average Bonchev–Trinajstić information content (AvgIpc) is 2.96. The van der Waals surface area contributed by atoms with Crippen LogP contribution in [0.1, 0.15) is 20.2 Å². The van der Waals surface area contributed by atoms with Crippen LogP contribution in [0.3, 0.4) is 0 Å². The first kappa shape index (κ1) is 15.7. The molecule has 2 heterocycles. The van der Waals surface area contributed by atoms with E-state index in [2.05, 4.69) is 10.0 Å². The quantitative estimate of drug-likeness (QED) is 0.856. The normalized spacial score (nSPS) is 11.9. The lowest BCUT2D eigenvalue weighted by atomic mass is 10.3. The Morgan fingerprint density at radius 1 is 1.10 bits per heavy atom. The van der Waals surface area contributed by atoms with Crippen LogP contribution in [0.25, 0.3) is 0 Å². The smallest absolute Gasteiger partial charge is 0.250 e. The van der Waals surface area contributed by atoms with Crippen LogP contribution < -0.4 is 10.0 Å². The van der Waals surface area contributed by atoms with Gasteiger partial charge in [-0.1, -0.05) is 0 Å². The molecule has 0 aliphatic heterocycles. The molecule has 20 heavy (non-hydrogen) atoms. The highest BCUT2D eigenvalue weighted by Gasteiger charge is 2.17. The second-order valence-corrected chi connectivity index (χ2v) is 9.03. The van der Waals surface area contributed by atoms with Crippen molar-refractivity contribution in [3.63, 3.8) is 0 Å². The molecule has 0 aliphatic carbocycles. The lowest BCUT2D eigenvalue weighted by Crippen LogP contribution is -2.21. The van der Waals surface area contributed by atoms with Gasteiger partial charge in [-0.05, 0) is 44.7 Å². The zero-order chi connectivity index (χ0) is 14.8. The van der Waals surface area contributed by atoms with Gasteiger partial charge >= 0.3 is 0 Å². The predicted octanol–water partition coefficient (Wildman–Crippen LogP) is 2.62. The summed E-state index contributed by atoms with van der Waals surface area (Å²) in [6.07, 6.45) is 0. The van der Waals surface area contributed by atoms with Gasteiger partial charge in [0.15, 0.2) is 0 Å². The van der Waals surface area contributed by atoms with E-state index in [4.69, 9.17) is 0 Å². The van der Waals surface area contributed by atoms with E-state index in [9.17, 15) is 8.42 Å². The second kappa shape index (κ2) is 6.36. The summed E-state index contributed by atoms with van der Waals surface area (Å²) in [4.78, 5) is 3.28. The third-order valence-electron chi connectivity index (χ3n) is 2.91. The van der Waals surface area contributed by atoms with Crippen LogP contribution in [0.15, 0.2) is 22.4 Å². The van der Waals surface area contributed by atoms with Crippen molar-refractivity contribution in [3.05, 3.63) is 38.4 Å². The molecule has 2 N–H and O–H groups in total. The summed E-state index contributed by atoms with van der Waals surface area (Å²) in [5.41, 5.74) is 1.21. The minimum absolute atomic E-state index is 0.348. The molecular formula is C13H18N2O2S3. The fourth-order valence-electron chi connectivity index (χ4n) is 1.75. The van der Waals surface area contributed by atoms with E-state index >= 15 is 0 Å². The Morgan fingerprint density at radius 3 is 2.45 bits per heavy atom. The molecule has 2 rings (SSSR count). The van der Waals surface area contributed by atoms with E-state index < -0.39 is 10.0 Å². The summed E-state index contributed by atoms with van der Waals surface area (Å²) >= 11 is 2.93. The van der Waals surface area contributed by atoms with Crippen LogP contribution >= 0.6 is 22.7 Å². The standard InChI is InChI=1S/C13H18N2O2S3/c1-9-6-12(18-10(9)2)8-15-20(16,17)13-5-4-11(19-13)7-14-3/h4-6,14-15H,7-8H2,1-3H3. The molecule has 0 atom stereocenters. The van der Waals surface area contributed by atoms with E-state index in [1.54, 1.807) is 17.4 Å². The van der Waals surface area contributed by atoms with E-state index in [-0.39, 0.29) is 0 Å². The van der Waals surface area contributed by atoms with Crippen LogP contribution in [0, 0.1) is 13.8 Å². The van der Waals surface area contributed by atoms with Gasteiger partial charge in [-0.2, -0.15) is 0 Å². The topological polar surface area (TPSA) is 58.2 Å². The lowest BCUT2D eigenvalue weighted by Gasteiger charge is -2.02. The van der Waals surface area contributed by atoms with Crippen molar-refractivity contribution in [2.75, 3.05) is 7.05 Å². The van der Waals surface area contributed by atoms with Crippen molar-refractivity contribution >= 4 is 32.7 Å². The van der Waals surface area contributed by atoms with Gasteiger partial charge in [0.2, 0.25) is 10.0 Å². The van der Waals surface area contributed by atoms with Gasteiger partial charge in [0, 0.05) is 27.7 Å². The fraction of sp³-hybridized carbons (Fsp3) is 0.385. The van der Waals surface area contributed by atoms with Crippen molar-refractivity contribution in [3.8, 4) is 0 Å². The first-order chi connectivity index (χ1) is 9.42. The first-order valence-electron chi connectivity index (χ1n) is 6.21. The summed E-state index contributed by atoms with van der Waals surface area (Å²) in [7, 11) is -1.57. The Kier molecular flexibility index (Phi) is 4.98. The third-order valence-corrected chi connectivity index (χ3v) is 7.04. The van der Waals surface area contributed by atoms with Gasteiger partial charge in [0.1, 0.15) is 4.21 Å². The highest BCUT2D eigenvalue weighted by Crippen LogP contribution is 2.23. The Balaban J connectivity index is 2.06. The number of sulfonamides is 1. The average molecular weight is 330 g/mol. The number of hydrogen-bond donors (Lipinski definition) is 2. The largest absolute Gasteiger partial charge is 0.315 e. The van der Waals surface area contributed by atoms with E-state index in [1.807, 2.05) is 33.0 Å². The minimum Gasteiger partial charge on any atom is -0.315 e. The monoisotopic (exact) mass is 330 g/mol. The van der Waals surface area contributed by atoms with Gasteiger partial charge in [-0.25, -0.2) is 13.1 Å². The lowest BCUT2D eigenvalue weighted by molar-refractivity contribution is 0.584. The van der Waals surface area contributed by atoms with Gasteiger partial charge in [0.25, 0.3) is 0 Å². The van der Waals surface area contributed by atoms with Crippen LogP contribution in [0.2, 0.25) is 0 Å². The SMILES string of the molecule is CNCc1ccc(S(=O)(=O)NCc2cc(C)c(C)s2)s1. The molecular weight excluding hydrogens is 312 g/mol. The van der Waals surface area contributed by atoms with Crippen LogP contribution in [-0.4, -0.2) is 15.5 Å². The maximum Gasteiger partial charge on any atom is 0.250 e. The molecule has 0 saturated heterocycles. The fourth-order valence-corrected chi connectivity index (χ4v) is 5.25. The molecule has 0 bridgehead atoms. The molecule has 110 valence electrons. The van der Waals surface area contributed by atoms with Gasteiger partial charge in [-0.3, -0.25) is 0 Å². The number of aryl methyl sites for hydroxylation is 2. The molecule has 0 unspecified atom stereocenters. The number of hydrogen-bond acceptors (Lipinski definition) is 5. The molecule has 0 aromatic carbocycles. The minimum atomic E-state index is -3.41. The van der Waals surface area contributed by atoms with Crippen molar-refractivity contribution < 1.29 is 8.42 Å². The summed E-state index contributed by atoms with van der Waals surface area (Å²) in [5, 5.41) is 3.01. The van der Waals surface area contributed by atoms with Crippen LogP contribution in [0.4, 0.5) is 0 Å². The van der Waals surface area contributed by atoms with Crippen LogP contribution in [-0.2, 0) is 23.1 Å². The summed E-state index contributed by atoms with van der Waals surface area (Å²) in [5.74, 6) is 0. The summed E-state index contributed by atoms with van der Waals surface area (Å²) < 4.78 is 27.4. The third kappa shape index (κ3) is 3.67. The maximum absolute atomic E-state index is 12.2.